The van der Waals surface area contributed by atoms with Crippen LogP contribution in [0, 0.1) is 0 Å². The summed E-state index contributed by atoms with van der Waals surface area (Å²) < 4.78 is 2.58. The molecule has 14 rings (SSSR count). The highest BCUT2D eigenvalue weighted by atomic mass is 32.1. The summed E-state index contributed by atoms with van der Waals surface area (Å²) in [5.74, 6) is 0. The van der Waals surface area contributed by atoms with E-state index in [0.29, 0.717) is 0 Å². The van der Waals surface area contributed by atoms with Crippen molar-refractivity contribution >= 4 is 107 Å². The van der Waals surface area contributed by atoms with Crippen LogP contribution < -0.4 is 0 Å². The fourth-order valence-electron chi connectivity index (χ4n) is 10.9. The van der Waals surface area contributed by atoms with Crippen LogP contribution in [0.2, 0.25) is 0 Å². The largest absolute Gasteiger partial charge is 0.248 e. The molecule has 0 unspecified atom stereocenters. The minimum atomic E-state index is 0.982. The maximum atomic E-state index is 5.47. The minimum absolute atomic E-state index is 0.982. The van der Waals surface area contributed by atoms with Gasteiger partial charge in [-0.05, 0) is 122 Å². The number of thiophene rings is 1. The third-order valence-electron chi connectivity index (χ3n) is 13.3. The van der Waals surface area contributed by atoms with E-state index in [2.05, 4.69) is 200 Å². The molecule has 0 aliphatic rings. The summed E-state index contributed by atoms with van der Waals surface area (Å²) in [6, 6.07) is 74.1. The molecule has 0 N–H and O–H groups in total. The molecule has 2 heteroatoms. The number of pyridine rings is 1. The molecule has 0 saturated carbocycles. The summed E-state index contributed by atoms with van der Waals surface area (Å²) >= 11 is 1.85. The van der Waals surface area contributed by atoms with Gasteiger partial charge in [0.15, 0.2) is 0 Å². The zero-order valence-corrected chi connectivity index (χ0v) is 33.7. The first-order valence-electron chi connectivity index (χ1n) is 21.0. The summed E-state index contributed by atoms with van der Waals surface area (Å²) in [7, 11) is 0. The lowest BCUT2D eigenvalue weighted by molar-refractivity contribution is 1.34. The molecule has 12 aromatic carbocycles. The molecule has 0 spiro atoms. The Hall–Kier alpha value is -7.65. The summed E-state index contributed by atoms with van der Waals surface area (Å²) in [4.78, 5) is 5.47. The zero-order valence-electron chi connectivity index (χ0n) is 32.9. The summed E-state index contributed by atoms with van der Waals surface area (Å²) in [6.07, 6.45) is 0. The highest BCUT2D eigenvalue weighted by Gasteiger charge is 2.27. The maximum Gasteiger partial charge on any atom is 0.0723 e. The number of aromatic nitrogens is 1. The molecule has 0 radical (unpaired) electrons. The summed E-state index contributed by atoms with van der Waals surface area (Å²) in [5.41, 5.74) is 9.35. The van der Waals surface area contributed by atoms with E-state index in [1.165, 1.54) is 123 Å². The van der Waals surface area contributed by atoms with Gasteiger partial charge in [-0.1, -0.05) is 176 Å². The highest BCUT2D eigenvalue weighted by Crippen LogP contribution is 2.55. The predicted octanol–water partition coefficient (Wildman–Crippen LogP) is 17.1. The van der Waals surface area contributed by atoms with Crippen molar-refractivity contribution in [2.45, 2.75) is 0 Å². The van der Waals surface area contributed by atoms with Crippen molar-refractivity contribution in [2.75, 3.05) is 0 Å². The molecule has 2 heterocycles. The molecule has 0 aliphatic carbocycles. The van der Waals surface area contributed by atoms with Crippen molar-refractivity contribution in [1.82, 2.24) is 4.98 Å². The number of nitrogens with zero attached hydrogens (tertiary/aromatic N) is 1. The fraction of sp³-hybridized carbons (Fsp3) is 0. The monoisotopic (exact) mass is 787 g/mol. The van der Waals surface area contributed by atoms with E-state index in [4.69, 9.17) is 4.98 Å². The van der Waals surface area contributed by atoms with Crippen LogP contribution in [-0.2, 0) is 0 Å². The van der Waals surface area contributed by atoms with Crippen LogP contribution in [0.25, 0.3) is 140 Å². The standard InChI is InChI=1S/C59H33NS/c1-3-15-34(16-4-1)52-48-33-47-37-20-8-7-19-36(37)40-22-11-26-44(55(40)47)56(48)53(35-17-5-2-6-18-35)58-45-27-12-23-41-38(31-32-46(54(41)45)57(52)58)49-28-14-29-50(60-49)43-25-13-24-42-39-21-9-10-30-51(39)61-59(42)43/h1-33H. The molecular formula is C59H33NS. The van der Waals surface area contributed by atoms with Gasteiger partial charge in [0.25, 0.3) is 0 Å². The summed E-state index contributed by atoms with van der Waals surface area (Å²) in [6.45, 7) is 0. The van der Waals surface area contributed by atoms with Gasteiger partial charge in [0.1, 0.15) is 0 Å². The first kappa shape index (κ1) is 33.2. The minimum Gasteiger partial charge on any atom is -0.248 e. The van der Waals surface area contributed by atoms with Crippen molar-refractivity contribution in [1.29, 1.82) is 0 Å². The van der Waals surface area contributed by atoms with Gasteiger partial charge in [0.05, 0.1) is 11.4 Å². The number of fused-ring (bicyclic) bond motifs is 11. The fourth-order valence-corrected chi connectivity index (χ4v) is 12.1. The van der Waals surface area contributed by atoms with Gasteiger partial charge >= 0.3 is 0 Å². The smallest absolute Gasteiger partial charge is 0.0723 e. The van der Waals surface area contributed by atoms with E-state index in [0.717, 1.165) is 17.0 Å². The Labute approximate surface area is 355 Å². The maximum absolute atomic E-state index is 5.47. The number of rotatable bonds is 4. The van der Waals surface area contributed by atoms with Crippen LogP contribution in [0.15, 0.2) is 200 Å². The van der Waals surface area contributed by atoms with Crippen molar-refractivity contribution in [3.05, 3.63) is 200 Å². The molecule has 14 aromatic rings. The second-order valence-electron chi connectivity index (χ2n) is 16.4. The van der Waals surface area contributed by atoms with Gasteiger partial charge in [-0.25, -0.2) is 4.98 Å². The van der Waals surface area contributed by atoms with E-state index in [1.807, 2.05) is 11.3 Å². The first-order valence-corrected chi connectivity index (χ1v) is 21.9. The van der Waals surface area contributed by atoms with Crippen LogP contribution in [0.1, 0.15) is 0 Å². The Morgan fingerprint density at radius 2 is 0.803 bits per heavy atom. The van der Waals surface area contributed by atoms with Gasteiger partial charge in [-0.15, -0.1) is 11.3 Å². The third kappa shape index (κ3) is 4.52. The van der Waals surface area contributed by atoms with Gasteiger partial charge < -0.3 is 0 Å². The van der Waals surface area contributed by atoms with Crippen LogP contribution in [0.4, 0.5) is 0 Å². The molecular weight excluding hydrogens is 755 g/mol. The quantitative estimate of drug-likeness (QED) is 0.162. The van der Waals surface area contributed by atoms with Crippen molar-refractivity contribution in [3.63, 3.8) is 0 Å². The molecule has 0 amide bonds. The Morgan fingerprint density at radius 1 is 0.279 bits per heavy atom. The molecule has 2 aromatic heterocycles. The molecule has 0 fully saturated rings. The van der Waals surface area contributed by atoms with Crippen LogP contribution >= 0.6 is 11.3 Å². The van der Waals surface area contributed by atoms with Gasteiger partial charge in [-0.2, -0.15) is 0 Å². The van der Waals surface area contributed by atoms with E-state index in [-0.39, 0.29) is 0 Å². The Balaban J connectivity index is 1.13. The molecule has 280 valence electrons. The Kier molecular flexibility index (Phi) is 6.77. The van der Waals surface area contributed by atoms with E-state index < -0.39 is 0 Å². The molecule has 1 nitrogen and oxygen atoms in total. The second kappa shape index (κ2) is 12.4. The lowest BCUT2D eigenvalue weighted by Gasteiger charge is -2.19. The Bertz CT molecular complexity index is 4090. The van der Waals surface area contributed by atoms with Crippen molar-refractivity contribution in [3.8, 4) is 44.8 Å². The van der Waals surface area contributed by atoms with Gasteiger partial charge in [0, 0.05) is 31.3 Å². The van der Waals surface area contributed by atoms with Gasteiger partial charge in [0.2, 0.25) is 0 Å². The number of hydrogen-bond donors (Lipinski definition) is 0. The molecule has 61 heavy (non-hydrogen) atoms. The number of benzene rings is 10. The van der Waals surface area contributed by atoms with Crippen LogP contribution in [-0.4, -0.2) is 4.98 Å². The van der Waals surface area contributed by atoms with Crippen LogP contribution in [0.3, 0.4) is 0 Å². The van der Waals surface area contributed by atoms with E-state index >= 15 is 0 Å². The molecule has 0 aliphatic heterocycles. The van der Waals surface area contributed by atoms with Crippen molar-refractivity contribution in [2.24, 2.45) is 0 Å². The van der Waals surface area contributed by atoms with E-state index in [1.54, 1.807) is 0 Å². The van der Waals surface area contributed by atoms with Gasteiger partial charge in [-0.3, -0.25) is 0 Å². The van der Waals surface area contributed by atoms with Crippen LogP contribution in [0.5, 0.6) is 0 Å². The third-order valence-corrected chi connectivity index (χ3v) is 14.6. The second-order valence-corrected chi connectivity index (χ2v) is 17.5. The zero-order chi connectivity index (χ0) is 39.8. The first-order chi connectivity index (χ1) is 30.3. The lowest BCUT2D eigenvalue weighted by Crippen LogP contribution is -1.91. The van der Waals surface area contributed by atoms with Crippen molar-refractivity contribution < 1.29 is 0 Å². The average Bonchev–Trinajstić information content (AvgIpc) is 3.98. The summed E-state index contributed by atoms with van der Waals surface area (Å²) in [5, 5.41) is 20.8. The number of hydrogen-bond acceptors (Lipinski definition) is 2. The SMILES string of the molecule is c1ccc(-c2c3cc4c5ccccc5c5cccc(c3c(-c3ccccc3)c3c6cccc7c(-c8cccc(-c9cccc%10c9sc9ccccc9%10)n8)ccc(c23)c76)c54)cc1. The lowest BCUT2D eigenvalue weighted by atomic mass is 9.84. The topological polar surface area (TPSA) is 12.9 Å². The Morgan fingerprint density at radius 3 is 1.59 bits per heavy atom. The average molecular weight is 788 g/mol. The highest BCUT2D eigenvalue weighted by molar-refractivity contribution is 7.26. The molecule has 0 bridgehead atoms. The normalized spacial score (nSPS) is 12.3. The predicted molar refractivity (Wildman–Crippen MR) is 264 cm³/mol. The molecule has 0 atom stereocenters. The molecule has 0 saturated heterocycles. The van der Waals surface area contributed by atoms with E-state index in [9.17, 15) is 0 Å².